The van der Waals surface area contributed by atoms with Gasteiger partial charge in [-0.2, -0.15) is 5.10 Å². The Morgan fingerprint density at radius 1 is 1.04 bits per heavy atom. The second-order valence-corrected chi connectivity index (χ2v) is 8.37. The minimum absolute atomic E-state index is 0.299. The number of aromatic nitrogens is 2. The fourth-order valence-electron chi connectivity index (χ4n) is 3.07. The minimum atomic E-state index is -3.74. The van der Waals surface area contributed by atoms with E-state index in [2.05, 4.69) is 9.82 Å². The summed E-state index contributed by atoms with van der Waals surface area (Å²) in [6.45, 7) is 7.86. The minimum Gasteiger partial charge on any atom is -0.276 e. The Labute approximate surface area is 158 Å². The highest BCUT2D eigenvalue weighted by Crippen LogP contribution is 2.27. The zero-order valence-electron chi connectivity index (χ0n) is 15.7. The number of aryl methyl sites for hydroxylation is 2. The molecule has 1 heterocycles. The molecule has 0 spiro atoms. The van der Waals surface area contributed by atoms with E-state index in [9.17, 15) is 12.8 Å². The molecule has 27 heavy (non-hydrogen) atoms. The number of hydrogen-bond donors (Lipinski definition) is 1. The summed E-state index contributed by atoms with van der Waals surface area (Å²) < 4.78 is 43.1. The van der Waals surface area contributed by atoms with Crippen LogP contribution in [0.5, 0.6) is 0 Å². The van der Waals surface area contributed by atoms with Gasteiger partial charge in [-0.15, -0.1) is 0 Å². The Kier molecular flexibility index (Phi) is 5.06. The molecule has 1 aromatic heterocycles. The number of sulfonamides is 1. The molecule has 0 aliphatic rings. The van der Waals surface area contributed by atoms with Crippen molar-refractivity contribution in [1.29, 1.82) is 0 Å². The van der Waals surface area contributed by atoms with Gasteiger partial charge in [0.1, 0.15) is 5.82 Å². The lowest BCUT2D eigenvalue weighted by molar-refractivity contribution is 0.599. The second-order valence-electron chi connectivity index (χ2n) is 6.75. The van der Waals surface area contributed by atoms with Gasteiger partial charge in [0, 0.05) is 6.20 Å². The molecule has 0 aliphatic heterocycles. The molecular formula is C20H22FN3O2S. The molecule has 0 aliphatic carbocycles. The third-order valence-corrected chi connectivity index (χ3v) is 6.36. The summed E-state index contributed by atoms with van der Waals surface area (Å²) in [6.07, 6.45) is 3.09. The maximum Gasteiger partial charge on any atom is 0.262 e. The van der Waals surface area contributed by atoms with Crippen LogP contribution in [0.2, 0.25) is 0 Å². The Morgan fingerprint density at radius 3 is 2.22 bits per heavy atom. The summed E-state index contributed by atoms with van der Waals surface area (Å²) in [5.41, 5.74) is 4.61. The van der Waals surface area contributed by atoms with Crippen molar-refractivity contribution in [3.8, 4) is 0 Å². The Hall–Kier alpha value is -2.67. The fourth-order valence-corrected chi connectivity index (χ4v) is 4.72. The zero-order valence-corrected chi connectivity index (χ0v) is 16.6. The van der Waals surface area contributed by atoms with E-state index in [0.717, 1.165) is 27.8 Å². The predicted octanol–water partition coefficient (Wildman–Crippen LogP) is 4.10. The van der Waals surface area contributed by atoms with E-state index in [1.54, 1.807) is 23.0 Å². The maximum absolute atomic E-state index is 13.0. The van der Waals surface area contributed by atoms with Gasteiger partial charge in [0.15, 0.2) is 0 Å². The molecule has 142 valence electrons. The van der Waals surface area contributed by atoms with Crippen molar-refractivity contribution in [2.75, 3.05) is 4.72 Å². The third kappa shape index (κ3) is 4.03. The SMILES string of the molecule is Cc1cc(C)c(C)c(S(=O)(=O)Nc2cnn(Cc3ccc(F)cc3)c2)c1C. The maximum atomic E-state index is 13.0. The van der Waals surface area contributed by atoms with E-state index in [1.807, 2.05) is 33.8 Å². The molecule has 0 atom stereocenters. The quantitative estimate of drug-likeness (QED) is 0.717. The molecule has 5 nitrogen and oxygen atoms in total. The molecule has 0 amide bonds. The van der Waals surface area contributed by atoms with Gasteiger partial charge in [0.25, 0.3) is 10.0 Å². The van der Waals surface area contributed by atoms with Crippen LogP contribution in [0.25, 0.3) is 0 Å². The summed E-state index contributed by atoms with van der Waals surface area (Å²) >= 11 is 0. The molecule has 2 aromatic carbocycles. The highest BCUT2D eigenvalue weighted by Gasteiger charge is 2.22. The summed E-state index contributed by atoms with van der Waals surface area (Å²) in [7, 11) is -3.74. The molecule has 0 fully saturated rings. The monoisotopic (exact) mass is 387 g/mol. The number of benzene rings is 2. The van der Waals surface area contributed by atoms with Crippen LogP contribution in [0.3, 0.4) is 0 Å². The third-order valence-electron chi connectivity index (χ3n) is 4.71. The smallest absolute Gasteiger partial charge is 0.262 e. The fraction of sp³-hybridized carbons (Fsp3) is 0.250. The molecule has 0 saturated heterocycles. The summed E-state index contributed by atoms with van der Waals surface area (Å²) in [4.78, 5) is 0.311. The Balaban J connectivity index is 1.86. The topological polar surface area (TPSA) is 64.0 Å². The molecule has 0 saturated carbocycles. The second kappa shape index (κ2) is 7.15. The van der Waals surface area contributed by atoms with Crippen LogP contribution in [-0.2, 0) is 16.6 Å². The standard InChI is InChI=1S/C20H22FN3O2S/c1-13-9-14(2)16(4)20(15(13)3)27(25,26)23-19-10-22-24(12-19)11-17-5-7-18(21)8-6-17/h5-10,12,23H,11H2,1-4H3. The van der Waals surface area contributed by atoms with Crippen LogP contribution >= 0.6 is 0 Å². The number of nitrogens with zero attached hydrogens (tertiary/aromatic N) is 2. The summed E-state index contributed by atoms with van der Waals surface area (Å²) in [5, 5.41) is 4.19. The van der Waals surface area contributed by atoms with Gasteiger partial charge in [-0.3, -0.25) is 9.40 Å². The van der Waals surface area contributed by atoms with Crippen molar-refractivity contribution in [2.45, 2.75) is 39.1 Å². The van der Waals surface area contributed by atoms with E-state index >= 15 is 0 Å². The van der Waals surface area contributed by atoms with E-state index < -0.39 is 10.0 Å². The summed E-state index contributed by atoms with van der Waals surface area (Å²) in [5.74, 6) is -0.299. The van der Waals surface area contributed by atoms with Crippen LogP contribution in [0.4, 0.5) is 10.1 Å². The number of halogens is 1. The largest absolute Gasteiger partial charge is 0.276 e. The van der Waals surface area contributed by atoms with Gasteiger partial charge in [0.2, 0.25) is 0 Å². The lowest BCUT2D eigenvalue weighted by Gasteiger charge is -2.16. The van der Waals surface area contributed by atoms with E-state index in [-0.39, 0.29) is 5.82 Å². The highest BCUT2D eigenvalue weighted by molar-refractivity contribution is 7.92. The predicted molar refractivity (Wildman–Crippen MR) is 104 cm³/mol. The lowest BCUT2D eigenvalue weighted by Crippen LogP contribution is -2.16. The first-order valence-corrected chi connectivity index (χ1v) is 10.0. The summed E-state index contributed by atoms with van der Waals surface area (Å²) in [6, 6.07) is 8.10. The van der Waals surface area contributed by atoms with Crippen molar-refractivity contribution in [3.05, 3.63) is 76.4 Å². The van der Waals surface area contributed by atoms with Crippen LogP contribution in [0, 0.1) is 33.5 Å². The lowest BCUT2D eigenvalue weighted by atomic mass is 10.0. The molecule has 1 N–H and O–H groups in total. The molecule has 3 rings (SSSR count). The number of nitrogens with one attached hydrogen (secondary N) is 1. The van der Waals surface area contributed by atoms with Gasteiger partial charge in [-0.05, 0) is 67.6 Å². The van der Waals surface area contributed by atoms with Crippen molar-refractivity contribution in [2.24, 2.45) is 0 Å². The normalized spacial score (nSPS) is 11.6. The first-order valence-electron chi connectivity index (χ1n) is 8.54. The van der Waals surface area contributed by atoms with Crippen molar-refractivity contribution >= 4 is 15.7 Å². The van der Waals surface area contributed by atoms with Crippen LogP contribution in [0.1, 0.15) is 27.8 Å². The van der Waals surface area contributed by atoms with Gasteiger partial charge in [-0.25, -0.2) is 12.8 Å². The van der Waals surface area contributed by atoms with E-state index in [1.165, 1.54) is 18.3 Å². The van der Waals surface area contributed by atoms with Crippen molar-refractivity contribution in [1.82, 2.24) is 9.78 Å². The number of anilines is 1. The van der Waals surface area contributed by atoms with Crippen LogP contribution in [0.15, 0.2) is 47.6 Å². The van der Waals surface area contributed by atoms with Gasteiger partial charge in [-0.1, -0.05) is 18.2 Å². The van der Waals surface area contributed by atoms with E-state index in [4.69, 9.17) is 0 Å². The average Bonchev–Trinajstić information content (AvgIpc) is 3.01. The Bertz CT molecular complexity index is 1060. The average molecular weight is 387 g/mol. The molecule has 0 radical (unpaired) electrons. The van der Waals surface area contributed by atoms with Crippen LogP contribution < -0.4 is 4.72 Å². The van der Waals surface area contributed by atoms with Gasteiger partial charge >= 0.3 is 0 Å². The molecular weight excluding hydrogens is 365 g/mol. The molecule has 0 unspecified atom stereocenters. The van der Waals surface area contributed by atoms with E-state index in [0.29, 0.717) is 17.1 Å². The number of rotatable bonds is 5. The van der Waals surface area contributed by atoms with Crippen LogP contribution in [-0.4, -0.2) is 18.2 Å². The molecule has 3 aromatic rings. The first-order chi connectivity index (χ1) is 12.7. The van der Waals surface area contributed by atoms with Crippen molar-refractivity contribution in [3.63, 3.8) is 0 Å². The first kappa shape index (κ1) is 19.1. The highest BCUT2D eigenvalue weighted by atomic mass is 32.2. The van der Waals surface area contributed by atoms with Gasteiger partial charge in [0.05, 0.1) is 23.3 Å². The number of hydrogen-bond acceptors (Lipinski definition) is 3. The molecule has 0 bridgehead atoms. The van der Waals surface area contributed by atoms with Gasteiger partial charge < -0.3 is 0 Å². The molecule has 7 heteroatoms. The van der Waals surface area contributed by atoms with Crippen molar-refractivity contribution < 1.29 is 12.8 Å². The zero-order chi connectivity index (χ0) is 19.8. The Morgan fingerprint density at radius 2 is 1.63 bits per heavy atom.